The lowest BCUT2D eigenvalue weighted by atomic mass is 9.93. The maximum atomic E-state index is 12.9. The average molecular weight is 331 g/mol. The Morgan fingerprint density at radius 3 is 3.04 bits per heavy atom. The summed E-state index contributed by atoms with van der Waals surface area (Å²) in [4.78, 5) is 14.9. The summed E-state index contributed by atoms with van der Waals surface area (Å²) >= 11 is 1.68. The van der Waals surface area contributed by atoms with Gasteiger partial charge in [-0.3, -0.25) is 4.79 Å². The van der Waals surface area contributed by atoms with Gasteiger partial charge in [0.2, 0.25) is 5.91 Å². The van der Waals surface area contributed by atoms with Crippen LogP contribution >= 0.6 is 11.3 Å². The molecule has 1 saturated heterocycles. The molecule has 122 valence electrons. The second-order valence-electron chi connectivity index (χ2n) is 6.59. The van der Waals surface area contributed by atoms with Crippen LogP contribution in [0.3, 0.4) is 0 Å². The summed E-state index contributed by atoms with van der Waals surface area (Å²) in [6.07, 6.45) is 6.85. The second kappa shape index (κ2) is 6.05. The minimum atomic E-state index is 0.141. The van der Waals surface area contributed by atoms with Crippen molar-refractivity contribution in [3.05, 3.63) is 34.8 Å². The van der Waals surface area contributed by atoms with Gasteiger partial charge >= 0.3 is 0 Å². The van der Waals surface area contributed by atoms with E-state index in [4.69, 9.17) is 0 Å². The molecule has 3 heterocycles. The van der Waals surface area contributed by atoms with Gasteiger partial charge in [0, 0.05) is 18.8 Å². The van der Waals surface area contributed by atoms with Gasteiger partial charge in [-0.15, -0.1) is 5.10 Å². The Hall–Kier alpha value is -1.73. The van der Waals surface area contributed by atoms with Gasteiger partial charge in [0.05, 0.1) is 6.20 Å². The number of nitrogens with zero attached hydrogens (tertiary/aromatic N) is 4. The van der Waals surface area contributed by atoms with E-state index in [1.807, 2.05) is 0 Å². The largest absolute Gasteiger partial charge is 0.333 e. The molecule has 6 nitrogen and oxygen atoms in total. The monoisotopic (exact) mass is 331 g/mol. The molecule has 23 heavy (non-hydrogen) atoms. The summed E-state index contributed by atoms with van der Waals surface area (Å²) in [5.74, 6) is 0.141. The average Bonchev–Trinajstić information content (AvgIpc) is 2.99. The molecular weight excluding hydrogens is 310 g/mol. The molecular formula is C16H21N5OS. The molecule has 2 aromatic heterocycles. The van der Waals surface area contributed by atoms with Gasteiger partial charge in [-0.2, -0.15) is 11.3 Å². The van der Waals surface area contributed by atoms with Crippen LogP contribution in [0.2, 0.25) is 0 Å². The van der Waals surface area contributed by atoms with Gasteiger partial charge < -0.3 is 10.2 Å². The Kier molecular flexibility index (Phi) is 3.90. The third-order valence-corrected chi connectivity index (χ3v) is 5.88. The summed E-state index contributed by atoms with van der Waals surface area (Å²) in [7, 11) is 0. The van der Waals surface area contributed by atoms with E-state index in [0.29, 0.717) is 18.0 Å². The zero-order valence-electron chi connectivity index (χ0n) is 13.0. The number of rotatable bonds is 5. The summed E-state index contributed by atoms with van der Waals surface area (Å²) in [5, 5.41) is 15.4. The molecule has 0 radical (unpaired) electrons. The van der Waals surface area contributed by atoms with Crippen molar-refractivity contribution in [2.45, 2.75) is 38.4 Å². The number of aromatic nitrogens is 3. The molecule has 2 aliphatic rings. The zero-order valence-corrected chi connectivity index (χ0v) is 13.8. The van der Waals surface area contributed by atoms with Crippen molar-refractivity contribution < 1.29 is 4.79 Å². The van der Waals surface area contributed by atoms with E-state index >= 15 is 0 Å². The molecule has 1 amide bonds. The van der Waals surface area contributed by atoms with Crippen molar-refractivity contribution in [3.63, 3.8) is 0 Å². The molecule has 0 aromatic carbocycles. The minimum Gasteiger partial charge on any atom is -0.333 e. The van der Waals surface area contributed by atoms with E-state index in [2.05, 4.69) is 37.4 Å². The van der Waals surface area contributed by atoms with Crippen LogP contribution in [0.1, 0.15) is 24.8 Å². The van der Waals surface area contributed by atoms with Crippen LogP contribution in [0.25, 0.3) is 0 Å². The lowest BCUT2D eigenvalue weighted by Crippen LogP contribution is -2.40. The number of carbonyl (C=O) groups excluding carboxylic acids is 1. The van der Waals surface area contributed by atoms with Crippen molar-refractivity contribution in [1.29, 1.82) is 0 Å². The first-order valence-electron chi connectivity index (χ1n) is 8.12. The topological polar surface area (TPSA) is 63.1 Å². The van der Waals surface area contributed by atoms with Crippen molar-refractivity contribution in [2.24, 2.45) is 5.41 Å². The fraction of sp³-hybridized carbons (Fsp3) is 0.562. The summed E-state index contributed by atoms with van der Waals surface area (Å²) < 4.78 is 1.61. The number of hydrogen-bond acceptors (Lipinski definition) is 5. The minimum absolute atomic E-state index is 0.141. The summed E-state index contributed by atoms with van der Waals surface area (Å²) in [5.41, 5.74) is 1.57. The highest BCUT2D eigenvalue weighted by Crippen LogP contribution is 2.56. The molecule has 1 saturated carbocycles. The lowest BCUT2D eigenvalue weighted by molar-refractivity contribution is -0.134. The number of piperidine rings is 1. The summed E-state index contributed by atoms with van der Waals surface area (Å²) in [6, 6.07) is 2.48. The van der Waals surface area contributed by atoms with E-state index < -0.39 is 0 Å². The fourth-order valence-corrected chi connectivity index (χ4v) is 4.39. The van der Waals surface area contributed by atoms with Crippen molar-refractivity contribution in [3.8, 4) is 0 Å². The van der Waals surface area contributed by atoms with Gasteiger partial charge in [0.25, 0.3) is 0 Å². The maximum Gasteiger partial charge on any atom is 0.244 e. The van der Waals surface area contributed by atoms with Crippen LogP contribution in [0.15, 0.2) is 29.2 Å². The van der Waals surface area contributed by atoms with Crippen LogP contribution in [0, 0.1) is 5.41 Å². The lowest BCUT2D eigenvalue weighted by Gasteiger charge is -2.29. The quantitative estimate of drug-likeness (QED) is 0.902. The number of thiophene rings is 1. The highest BCUT2D eigenvalue weighted by Gasteiger charge is 2.57. The molecule has 1 aliphatic carbocycles. The molecule has 1 atom stereocenters. The Balaban J connectivity index is 1.51. The van der Waals surface area contributed by atoms with Crippen molar-refractivity contribution in [2.75, 3.05) is 13.1 Å². The van der Waals surface area contributed by atoms with E-state index in [-0.39, 0.29) is 12.5 Å². The van der Waals surface area contributed by atoms with Crippen LogP contribution in [-0.4, -0.2) is 44.9 Å². The molecule has 1 N–H and O–H groups in total. The van der Waals surface area contributed by atoms with Crippen molar-refractivity contribution in [1.82, 2.24) is 25.2 Å². The normalized spacial score (nSPS) is 22.2. The van der Waals surface area contributed by atoms with Gasteiger partial charge in [0.1, 0.15) is 6.54 Å². The summed E-state index contributed by atoms with van der Waals surface area (Å²) in [6.45, 7) is 3.12. The highest BCUT2D eigenvalue weighted by atomic mass is 32.1. The number of amides is 1. The van der Waals surface area contributed by atoms with Crippen LogP contribution in [0.5, 0.6) is 0 Å². The first-order valence-corrected chi connectivity index (χ1v) is 9.06. The van der Waals surface area contributed by atoms with E-state index in [0.717, 1.165) is 19.5 Å². The first kappa shape index (κ1) is 14.8. The molecule has 4 rings (SSSR count). The number of hydrogen-bond donors (Lipinski definition) is 1. The Morgan fingerprint density at radius 1 is 1.48 bits per heavy atom. The SMILES string of the molecule is O=C(Cn1ccnn1)N(Cc1ccsc1)[C@H]1CC12CCNCC2. The second-order valence-corrected chi connectivity index (χ2v) is 7.37. The van der Waals surface area contributed by atoms with Gasteiger partial charge in [-0.1, -0.05) is 5.21 Å². The van der Waals surface area contributed by atoms with E-state index in [9.17, 15) is 4.79 Å². The predicted molar refractivity (Wildman–Crippen MR) is 87.8 cm³/mol. The van der Waals surface area contributed by atoms with Crippen LogP contribution < -0.4 is 5.32 Å². The maximum absolute atomic E-state index is 12.9. The molecule has 1 spiro atoms. The van der Waals surface area contributed by atoms with Gasteiger partial charge in [-0.05, 0) is 60.2 Å². The number of carbonyl (C=O) groups is 1. The molecule has 7 heteroatoms. The van der Waals surface area contributed by atoms with Crippen molar-refractivity contribution >= 4 is 17.2 Å². The Labute approximate surface area is 139 Å². The molecule has 1 aliphatic heterocycles. The fourth-order valence-electron chi connectivity index (χ4n) is 3.73. The molecule has 0 unspecified atom stereocenters. The van der Waals surface area contributed by atoms with Gasteiger partial charge in [0.15, 0.2) is 0 Å². The molecule has 2 aromatic rings. The number of nitrogens with one attached hydrogen (secondary N) is 1. The highest BCUT2D eigenvalue weighted by molar-refractivity contribution is 7.07. The van der Waals surface area contributed by atoms with Gasteiger partial charge in [-0.25, -0.2) is 4.68 Å². The Bertz CT molecular complexity index is 648. The smallest absolute Gasteiger partial charge is 0.244 e. The van der Waals surface area contributed by atoms with Crippen LogP contribution in [-0.2, 0) is 17.9 Å². The van der Waals surface area contributed by atoms with E-state index in [1.54, 1.807) is 28.4 Å². The Morgan fingerprint density at radius 2 is 2.35 bits per heavy atom. The third-order valence-electron chi connectivity index (χ3n) is 5.14. The molecule has 0 bridgehead atoms. The molecule has 2 fully saturated rings. The van der Waals surface area contributed by atoms with Crippen LogP contribution in [0.4, 0.5) is 0 Å². The first-order chi connectivity index (χ1) is 11.3. The third kappa shape index (κ3) is 3.03. The predicted octanol–water partition coefficient (Wildman–Crippen LogP) is 1.51. The van der Waals surface area contributed by atoms with E-state index in [1.165, 1.54) is 18.4 Å². The standard InChI is InChI=1S/C16H21N5OS/c22-15(11-20-7-6-18-19-20)21(10-13-1-8-23-12-13)14-9-16(14)2-4-17-5-3-16/h1,6-8,12,14,17H,2-5,9-11H2/t14-/m0/s1. The zero-order chi connectivity index (χ0) is 15.7.